The second kappa shape index (κ2) is 6.09. The van der Waals surface area contributed by atoms with Crippen molar-refractivity contribution < 1.29 is 4.79 Å². The van der Waals surface area contributed by atoms with Crippen molar-refractivity contribution in [1.82, 2.24) is 10.4 Å². The molecule has 1 N–H and O–H groups in total. The van der Waals surface area contributed by atoms with Crippen molar-refractivity contribution in [3.63, 3.8) is 0 Å². The number of nitrogens with one attached hydrogen (secondary N) is 1. The first kappa shape index (κ1) is 13.2. The third kappa shape index (κ3) is 3.91. The SMILES string of the molecule is Cc1csc(CC(=O)NN=C2CCC(C)CC2)n1. The molecule has 1 heterocycles. The minimum absolute atomic E-state index is 0.0736. The van der Waals surface area contributed by atoms with Crippen molar-refractivity contribution in [3.8, 4) is 0 Å². The predicted octanol–water partition coefficient (Wildman–Crippen LogP) is 2.68. The smallest absolute Gasteiger partial charge is 0.246 e. The van der Waals surface area contributed by atoms with Crippen LogP contribution in [-0.2, 0) is 11.2 Å². The van der Waals surface area contributed by atoms with E-state index in [1.807, 2.05) is 12.3 Å². The molecule has 0 saturated heterocycles. The van der Waals surface area contributed by atoms with Gasteiger partial charge in [-0.1, -0.05) is 6.92 Å². The van der Waals surface area contributed by atoms with Crippen molar-refractivity contribution in [3.05, 3.63) is 16.1 Å². The maximum Gasteiger partial charge on any atom is 0.246 e. The first-order valence-electron chi connectivity index (χ1n) is 6.39. The van der Waals surface area contributed by atoms with Crippen LogP contribution in [0.5, 0.6) is 0 Å². The number of carbonyl (C=O) groups excluding carboxylic acids is 1. The van der Waals surface area contributed by atoms with Crippen LogP contribution in [0.3, 0.4) is 0 Å². The summed E-state index contributed by atoms with van der Waals surface area (Å²) >= 11 is 1.52. The van der Waals surface area contributed by atoms with E-state index < -0.39 is 0 Å². The molecular formula is C13H19N3OS. The average Bonchev–Trinajstić information content (AvgIpc) is 2.74. The Kier molecular flexibility index (Phi) is 4.47. The number of aryl methyl sites for hydroxylation is 1. The van der Waals surface area contributed by atoms with Gasteiger partial charge in [-0.05, 0) is 38.5 Å². The molecular weight excluding hydrogens is 246 g/mol. The Morgan fingerprint density at radius 3 is 2.89 bits per heavy atom. The van der Waals surface area contributed by atoms with Gasteiger partial charge in [0.05, 0.1) is 6.42 Å². The highest BCUT2D eigenvalue weighted by molar-refractivity contribution is 7.09. The van der Waals surface area contributed by atoms with Crippen molar-refractivity contribution in [1.29, 1.82) is 0 Å². The monoisotopic (exact) mass is 265 g/mol. The van der Waals surface area contributed by atoms with E-state index in [0.29, 0.717) is 6.42 Å². The number of amides is 1. The summed E-state index contributed by atoms with van der Waals surface area (Å²) < 4.78 is 0. The summed E-state index contributed by atoms with van der Waals surface area (Å²) in [5, 5.41) is 7.02. The molecule has 1 amide bonds. The lowest BCUT2D eigenvalue weighted by atomic mass is 9.90. The van der Waals surface area contributed by atoms with Gasteiger partial charge in [-0.15, -0.1) is 11.3 Å². The molecule has 1 aliphatic rings. The molecule has 0 aliphatic heterocycles. The van der Waals surface area contributed by atoms with Crippen LogP contribution in [0.25, 0.3) is 0 Å². The lowest BCUT2D eigenvalue weighted by Gasteiger charge is -2.18. The summed E-state index contributed by atoms with van der Waals surface area (Å²) in [6.07, 6.45) is 4.71. The van der Waals surface area contributed by atoms with E-state index in [4.69, 9.17) is 0 Å². The van der Waals surface area contributed by atoms with Crippen LogP contribution in [-0.4, -0.2) is 16.6 Å². The summed E-state index contributed by atoms with van der Waals surface area (Å²) in [5.41, 5.74) is 4.73. The van der Waals surface area contributed by atoms with Crippen molar-refractivity contribution in [2.75, 3.05) is 0 Å². The highest BCUT2D eigenvalue weighted by Crippen LogP contribution is 2.21. The van der Waals surface area contributed by atoms with E-state index in [1.54, 1.807) is 0 Å². The van der Waals surface area contributed by atoms with Gasteiger partial charge >= 0.3 is 0 Å². The Bertz CT molecular complexity index is 443. The second-order valence-corrected chi connectivity index (χ2v) is 5.90. The molecule has 0 bridgehead atoms. The van der Waals surface area contributed by atoms with E-state index in [9.17, 15) is 4.79 Å². The summed E-state index contributed by atoms with van der Waals surface area (Å²) in [5.74, 6) is 0.716. The normalized spacial score (nSPS) is 19.7. The first-order valence-corrected chi connectivity index (χ1v) is 7.26. The van der Waals surface area contributed by atoms with Gasteiger partial charge in [-0.3, -0.25) is 4.79 Å². The number of thiazole rings is 1. The Balaban J connectivity index is 1.79. The van der Waals surface area contributed by atoms with E-state index in [-0.39, 0.29) is 5.91 Å². The fourth-order valence-electron chi connectivity index (χ4n) is 2.01. The Morgan fingerprint density at radius 1 is 1.56 bits per heavy atom. The zero-order valence-electron chi connectivity index (χ0n) is 10.9. The average molecular weight is 265 g/mol. The molecule has 98 valence electrons. The summed E-state index contributed by atoms with van der Waals surface area (Å²) in [6, 6.07) is 0. The molecule has 1 aromatic heterocycles. The minimum Gasteiger partial charge on any atom is -0.273 e. The lowest BCUT2D eigenvalue weighted by Crippen LogP contribution is -2.23. The van der Waals surface area contributed by atoms with E-state index in [0.717, 1.165) is 35.2 Å². The summed E-state index contributed by atoms with van der Waals surface area (Å²) in [4.78, 5) is 15.9. The number of carbonyl (C=O) groups is 1. The van der Waals surface area contributed by atoms with Crippen LogP contribution in [0, 0.1) is 12.8 Å². The van der Waals surface area contributed by atoms with Crippen LogP contribution in [0.2, 0.25) is 0 Å². The van der Waals surface area contributed by atoms with E-state index in [2.05, 4.69) is 22.4 Å². The fraction of sp³-hybridized carbons (Fsp3) is 0.615. The molecule has 18 heavy (non-hydrogen) atoms. The molecule has 1 fully saturated rings. The molecule has 0 spiro atoms. The van der Waals surface area contributed by atoms with Gasteiger partial charge in [0.15, 0.2) is 0 Å². The molecule has 4 nitrogen and oxygen atoms in total. The molecule has 2 rings (SSSR count). The number of hydrogen-bond donors (Lipinski definition) is 1. The quantitative estimate of drug-likeness (QED) is 0.854. The maximum absolute atomic E-state index is 11.7. The maximum atomic E-state index is 11.7. The number of nitrogens with zero attached hydrogens (tertiary/aromatic N) is 2. The summed E-state index contributed by atoms with van der Waals surface area (Å²) in [6.45, 7) is 4.20. The first-order chi connectivity index (χ1) is 8.63. The van der Waals surface area contributed by atoms with Crippen LogP contribution >= 0.6 is 11.3 Å². The standard InChI is InChI=1S/C13H19N3OS/c1-9-3-5-11(6-4-9)15-16-12(17)7-13-14-10(2)8-18-13/h8-9H,3-7H2,1-2H3,(H,16,17). The number of aromatic nitrogens is 1. The van der Waals surface area contributed by atoms with Crippen LogP contribution in [0.4, 0.5) is 0 Å². The van der Waals surface area contributed by atoms with Crippen LogP contribution in [0.15, 0.2) is 10.5 Å². The molecule has 5 heteroatoms. The van der Waals surface area contributed by atoms with E-state index in [1.165, 1.54) is 24.2 Å². The summed E-state index contributed by atoms with van der Waals surface area (Å²) in [7, 11) is 0. The minimum atomic E-state index is -0.0736. The Hall–Kier alpha value is -1.23. The molecule has 0 aromatic carbocycles. The van der Waals surface area contributed by atoms with Crippen molar-refractivity contribution in [2.45, 2.75) is 46.0 Å². The molecule has 0 radical (unpaired) electrons. The van der Waals surface area contributed by atoms with Crippen molar-refractivity contribution >= 4 is 23.0 Å². The van der Waals surface area contributed by atoms with Gasteiger partial charge < -0.3 is 0 Å². The zero-order valence-corrected chi connectivity index (χ0v) is 11.7. The molecule has 0 unspecified atom stereocenters. The molecule has 1 aliphatic carbocycles. The van der Waals surface area contributed by atoms with E-state index >= 15 is 0 Å². The largest absolute Gasteiger partial charge is 0.273 e. The molecule has 1 saturated carbocycles. The van der Waals surface area contributed by atoms with Gasteiger partial charge in [0.2, 0.25) is 5.91 Å². The third-order valence-electron chi connectivity index (χ3n) is 3.17. The highest BCUT2D eigenvalue weighted by Gasteiger charge is 2.14. The van der Waals surface area contributed by atoms with Crippen molar-refractivity contribution in [2.24, 2.45) is 11.0 Å². The Labute approximate surface area is 112 Å². The van der Waals surface area contributed by atoms with Crippen LogP contribution < -0.4 is 5.43 Å². The zero-order chi connectivity index (χ0) is 13.0. The van der Waals surface area contributed by atoms with Gasteiger partial charge in [-0.2, -0.15) is 5.10 Å². The van der Waals surface area contributed by atoms with Gasteiger partial charge in [0.1, 0.15) is 5.01 Å². The number of rotatable bonds is 3. The predicted molar refractivity (Wildman–Crippen MR) is 73.8 cm³/mol. The van der Waals surface area contributed by atoms with Gasteiger partial charge in [0, 0.05) is 16.8 Å². The molecule has 0 atom stereocenters. The highest BCUT2D eigenvalue weighted by atomic mass is 32.1. The lowest BCUT2D eigenvalue weighted by molar-refractivity contribution is -0.120. The van der Waals surface area contributed by atoms with Gasteiger partial charge in [-0.25, -0.2) is 10.4 Å². The number of hydrazone groups is 1. The number of hydrogen-bond acceptors (Lipinski definition) is 4. The molecule has 1 aromatic rings. The Morgan fingerprint density at radius 2 is 2.28 bits per heavy atom. The van der Waals surface area contributed by atoms with Gasteiger partial charge in [0.25, 0.3) is 0 Å². The topological polar surface area (TPSA) is 54.4 Å². The fourth-order valence-corrected chi connectivity index (χ4v) is 2.78. The second-order valence-electron chi connectivity index (χ2n) is 4.95. The van der Waals surface area contributed by atoms with Crippen LogP contribution in [0.1, 0.15) is 43.3 Å². The third-order valence-corrected chi connectivity index (χ3v) is 4.14.